The first kappa shape index (κ1) is 11.5. The summed E-state index contributed by atoms with van der Waals surface area (Å²) in [4.78, 5) is 11.3. The first-order valence-corrected chi connectivity index (χ1v) is 5.43. The van der Waals surface area contributed by atoms with Crippen molar-refractivity contribution in [2.24, 2.45) is 12.5 Å². The van der Waals surface area contributed by atoms with Gasteiger partial charge < -0.3 is 4.42 Å². The summed E-state index contributed by atoms with van der Waals surface area (Å²) in [5.41, 5.74) is 1.93. The Morgan fingerprint density at radius 1 is 1.47 bits per heavy atom. The maximum Gasteiger partial charge on any atom is 0.419 e. The lowest BCUT2D eigenvalue weighted by atomic mass is 9.87. The molecule has 0 radical (unpaired) electrons. The van der Waals surface area contributed by atoms with E-state index < -0.39 is 5.41 Å². The Labute approximate surface area is 99.1 Å². The van der Waals surface area contributed by atoms with Gasteiger partial charge in [-0.1, -0.05) is 6.07 Å². The fourth-order valence-corrected chi connectivity index (χ4v) is 1.84. The van der Waals surface area contributed by atoms with Crippen molar-refractivity contribution in [3.05, 3.63) is 34.3 Å². The molecular weight excluding hydrogens is 216 g/mol. The molecule has 0 N–H and O–H groups in total. The van der Waals surface area contributed by atoms with E-state index in [1.165, 1.54) is 4.57 Å². The largest absolute Gasteiger partial charge is 0.419 e. The number of aryl methyl sites for hydroxylation is 1. The van der Waals surface area contributed by atoms with Crippen LogP contribution in [0.4, 0.5) is 0 Å². The Balaban J connectivity index is 2.46. The highest BCUT2D eigenvalue weighted by Gasteiger charge is 2.18. The van der Waals surface area contributed by atoms with Crippen LogP contribution in [0.5, 0.6) is 0 Å². The zero-order chi connectivity index (χ0) is 12.6. The molecule has 88 valence electrons. The molecule has 0 saturated carbocycles. The van der Waals surface area contributed by atoms with Crippen LogP contribution in [0.15, 0.2) is 27.4 Å². The fourth-order valence-electron chi connectivity index (χ4n) is 1.84. The van der Waals surface area contributed by atoms with E-state index in [9.17, 15) is 4.79 Å². The third kappa shape index (κ3) is 2.09. The van der Waals surface area contributed by atoms with Gasteiger partial charge in [-0.25, -0.2) is 4.79 Å². The second-order valence-corrected chi connectivity index (χ2v) is 4.90. The van der Waals surface area contributed by atoms with Crippen LogP contribution >= 0.6 is 0 Å². The molecule has 0 unspecified atom stereocenters. The summed E-state index contributed by atoms with van der Waals surface area (Å²) in [5.74, 6) is -0.364. The Hall–Kier alpha value is -2.02. The summed E-state index contributed by atoms with van der Waals surface area (Å²) >= 11 is 0. The number of nitriles is 1. The first-order valence-electron chi connectivity index (χ1n) is 5.43. The summed E-state index contributed by atoms with van der Waals surface area (Å²) in [6.07, 6.45) is 0.637. The van der Waals surface area contributed by atoms with E-state index in [1.807, 2.05) is 32.0 Å². The molecule has 1 aromatic heterocycles. The lowest BCUT2D eigenvalue weighted by Crippen LogP contribution is -2.11. The molecule has 0 aliphatic heterocycles. The van der Waals surface area contributed by atoms with E-state index in [1.54, 1.807) is 7.05 Å². The molecule has 4 heteroatoms. The average Bonchev–Trinajstić information content (AvgIpc) is 2.54. The molecule has 0 saturated heterocycles. The Bertz CT molecular complexity index is 656. The van der Waals surface area contributed by atoms with Crippen molar-refractivity contribution >= 4 is 11.1 Å². The number of nitrogens with zero attached hydrogens (tertiary/aromatic N) is 2. The maximum absolute atomic E-state index is 11.3. The number of oxazole rings is 1. The average molecular weight is 230 g/mol. The van der Waals surface area contributed by atoms with Crippen LogP contribution < -0.4 is 5.76 Å². The van der Waals surface area contributed by atoms with Crippen LogP contribution in [0.1, 0.15) is 19.4 Å². The minimum Gasteiger partial charge on any atom is -0.408 e. The molecule has 1 heterocycles. The highest BCUT2D eigenvalue weighted by atomic mass is 16.4. The molecule has 1 aromatic carbocycles. The van der Waals surface area contributed by atoms with Crippen molar-refractivity contribution < 1.29 is 4.42 Å². The van der Waals surface area contributed by atoms with E-state index in [4.69, 9.17) is 9.68 Å². The predicted molar refractivity (Wildman–Crippen MR) is 64.6 cm³/mol. The molecule has 0 aliphatic rings. The van der Waals surface area contributed by atoms with Gasteiger partial charge in [0.2, 0.25) is 0 Å². The van der Waals surface area contributed by atoms with Crippen molar-refractivity contribution in [3.8, 4) is 6.07 Å². The van der Waals surface area contributed by atoms with Crippen molar-refractivity contribution in [2.75, 3.05) is 0 Å². The SMILES string of the molecule is Cn1c(=O)oc2cc(CC(C)(C)C#N)ccc21. The van der Waals surface area contributed by atoms with Crippen molar-refractivity contribution in [1.82, 2.24) is 4.57 Å². The molecule has 4 nitrogen and oxygen atoms in total. The normalized spacial score (nSPS) is 11.6. The number of benzene rings is 1. The zero-order valence-corrected chi connectivity index (χ0v) is 10.2. The maximum atomic E-state index is 11.3. The molecular formula is C13H14N2O2. The summed E-state index contributed by atoms with van der Waals surface area (Å²) in [7, 11) is 1.67. The fraction of sp³-hybridized carbons (Fsp3) is 0.385. The highest BCUT2D eigenvalue weighted by Crippen LogP contribution is 2.23. The summed E-state index contributed by atoms with van der Waals surface area (Å²) in [6.45, 7) is 3.77. The first-order chi connectivity index (χ1) is 7.93. The van der Waals surface area contributed by atoms with Gasteiger partial charge in [0.15, 0.2) is 5.58 Å². The van der Waals surface area contributed by atoms with Gasteiger partial charge >= 0.3 is 5.76 Å². The minimum absolute atomic E-state index is 0.364. The van der Waals surface area contributed by atoms with Crippen LogP contribution in [-0.4, -0.2) is 4.57 Å². The van der Waals surface area contributed by atoms with Crippen LogP contribution in [0.2, 0.25) is 0 Å². The Morgan fingerprint density at radius 3 is 2.82 bits per heavy atom. The number of hydrogen-bond donors (Lipinski definition) is 0. The van der Waals surface area contributed by atoms with Gasteiger partial charge in [0.05, 0.1) is 17.0 Å². The molecule has 2 rings (SSSR count). The van der Waals surface area contributed by atoms with Gasteiger partial charge in [-0.15, -0.1) is 0 Å². The summed E-state index contributed by atoms with van der Waals surface area (Å²) in [5, 5.41) is 8.99. The van der Waals surface area contributed by atoms with Gasteiger partial charge in [-0.05, 0) is 38.0 Å². The van der Waals surface area contributed by atoms with Gasteiger partial charge in [0.25, 0.3) is 0 Å². The standard InChI is InChI=1S/C13H14N2O2/c1-13(2,8-14)7-9-4-5-10-11(6-9)17-12(16)15(10)3/h4-6H,7H2,1-3H3. The highest BCUT2D eigenvalue weighted by molar-refractivity contribution is 5.73. The lowest BCUT2D eigenvalue weighted by molar-refractivity contribution is 0.492. The Morgan fingerprint density at radius 2 is 2.18 bits per heavy atom. The van der Waals surface area contributed by atoms with Crippen molar-refractivity contribution in [2.45, 2.75) is 20.3 Å². The number of hydrogen-bond acceptors (Lipinski definition) is 3. The van der Waals surface area contributed by atoms with Crippen LogP contribution in [0.25, 0.3) is 11.1 Å². The topological polar surface area (TPSA) is 58.9 Å². The monoisotopic (exact) mass is 230 g/mol. The van der Waals surface area contributed by atoms with Crippen LogP contribution in [0.3, 0.4) is 0 Å². The van der Waals surface area contributed by atoms with E-state index in [2.05, 4.69) is 6.07 Å². The van der Waals surface area contributed by atoms with Crippen molar-refractivity contribution in [3.63, 3.8) is 0 Å². The molecule has 0 aliphatic carbocycles. The van der Waals surface area contributed by atoms with Gasteiger partial charge in [-0.2, -0.15) is 5.26 Å². The second-order valence-electron chi connectivity index (χ2n) is 4.90. The van der Waals surface area contributed by atoms with Crippen LogP contribution in [-0.2, 0) is 13.5 Å². The van der Waals surface area contributed by atoms with Crippen molar-refractivity contribution in [1.29, 1.82) is 5.26 Å². The molecule has 0 spiro atoms. The molecule has 0 fully saturated rings. The number of rotatable bonds is 2. The van der Waals surface area contributed by atoms with Gasteiger partial charge in [-0.3, -0.25) is 4.57 Å². The molecule has 2 aromatic rings. The molecule has 0 amide bonds. The van der Waals surface area contributed by atoms with E-state index >= 15 is 0 Å². The Kier molecular flexibility index (Phi) is 2.55. The smallest absolute Gasteiger partial charge is 0.408 e. The molecule has 0 bridgehead atoms. The minimum atomic E-state index is -0.414. The second kappa shape index (κ2) is 3.77. The van der Waals surface area contributed by atoms with Gasteiger partial charge in [0, 0.05) is 7.05 Å². The predicted octanol–water partition coefficient (Wildman–Crippen LogP) is 2.22. The van der Waals surface area contributed by atoms with Crippen LogP contribution in [0, 0.1) is 16.7 Å². The molecule has 0 atom stereocenters. The number of aromatic nitrogens is 1. The lowest BCUT2D eigenvalue weighted by Gasteiger charge is -2.14. The summed E-state index contributed by atoms with van der Waals surface area (Å²) in [6, 6.07) is 7.86. The summed E-state index contributed by atoms with van der Waals surface area (Å²) < 4.78 is 6.58. The van der Waals surface area contributed by atoms with E-state index in [0.29, 0.717) is 12.0 Å². The van der Waals surface area contributed by atoms with Gasteiger partial charge in [0.1, 0.15) is 0 Å². The quantitative estimate of drug-likeness (QED) is 0.794. The zero-order valence-electron chi connectivity index (χ0n) is 10.2. The van der Waals surface area contributed by atoms with E-state index in [0.717, 1.165) is 11.1 Å². The third-order valence-electron chi connectivity index (χ3n) is 2.81. The molecule has 17 heavy (non-hydrogen) atoms. The number of fused-ring (bicyclic) bond motifs is 1. The van der Waals surface area contributed by atoms with E-state index in [-0.39, 0.29) is 5.76 Å². The third-order valence-corrected chi connectivity index (χ3v) is 2.81.